The lowest BCUT2D eigenvalue weighted by molar-refractivity contribution is 0.585. The smallest absolute Gasteiger partial charge is 0.134 e. The van der Waals surface area contributed by atoms with Gasteiger partial charge in [0.2, 0.25) is 0 Å². The minimum atomic E-state index is -0.660. The van der Waals surface area contributed by atoms with Gasteiger partial charge in [0.15, 0.2) is 0 Å². The number of nitrogens with zero attached hydrogens (tertiary/aromatic N) is 2. The van der Waals surface area contributed by atoms with Crippen molar-refractivity contribution in [1.82, 2.24) is 9.78 Å². The standard InChI is InChI=1S/C16H13F2N3/c1-21-16(19)14(12-8-7-11(17)9-13(12)18)15(20-21)10-5-3-2-4-6-10/h2-9H,19H2,1H3. The number of hydrogen-bond donors (Lipinski definition) is 1. The summed E-state index contributed by atoms with van der Waals surface area (Å²) in [6.45, 7) is 0. The van der Waals surface area contributed by atoms with E-state index in [2.05, 4.69) is 5.10 Å². The summed E-state index contributed by atoms with van der Waals surface area (Å²) in [4.78, 5) is 0. The first-order valence-electron chi connectivity index (χ1n) is 6.41. The van der Waals surface area contributed by atoms with Crippen LogP contribution >= 0.6 is 0 Å². The molecule has 0 aliphatic carbocycles. The topological polar surface area (TPSA) is 43.8 Å². The molecule has 0 fully saturated rings. The number of anilines is 1. The first-order chi connectivity index (χ1) is 10.1. The van der Waals surface area contributed by atoms with Crippen molar-refractivity contribution in [2.75, 3.05) is 5.73 Å². The zero-order valence-electron chi connectivity index (χ0n) is 11.3. The molecule has 0 atom stereocenters. The molecule has 5 heteroatoms. The molecule has 0 spiro atoms. The lowest BCUT2D eigenvalue weighted by Crippen LogP contribution is -1.98. The lowest BCUT2D eigenvalue weighted by atomic mass is 10.0. The molecule has 2 N–H and O–H groups in total. The predicted molar refractivity (Wildman–Crippen MR) is 78.4 cm³/mol. The van der Waals surface area contributed by atoms with E-state index in [-0.39, 0.29) is 5.56 Å². The van der Waals surface area contributed by atoms with Gasteiger partial charge in [-0.1, -0.05) is 30.3 Å². The van der Waals surface area contributed by atoms with Crippen molar-refractivity contribution >= 4 is 5.82 Å². The maximum Gasteiger partial charge on any atom is 0.134 e. The molecular weight excluding hydrogens is 272 g/mol. The highest BCUT2D eigenvalue weighted by molar-refractivity contribution is 5.88. The zero-order chi connectivity index (χ0) is 15.0. The Morgan fingerprint density at radius 2 is 1.76 bits per heavy atom. The van der Waals surface area contributed by atoms with E-state index >= 15 is 0 Å². The van der Waals surface area contributed by atoms with E-state index in [1.54, 1.807) is 7.05 Å². The molecule has 0 radical (unpaired) electrons. The monoisotopic (exact) mass is 285 g/mol. The van der Waals surface area contributed by atoms with Gasteiger partial charge in [0.25, 0.3) is 0 Å². The Kier molecular flexibility index (Phi) is 3.17. The van der Waals surface area contributed by atoms with Crippen LogP contribution in [-0.4, -0.2) is 9.78 Å². The van der Waals surface area contributed by atoms with Crippen molar-refractivity contribution in [3.05, 3.63) is 60.2 Å². The van der Waals surface area contributed by atoms with Gasteiger partial charge in [0, 0.05) is 24.2 Å². The highest BCUT2D eigenvalue weighted by Gasteiger charge is 2.20. The fraction of sp³-hybridized carbons (Fsp3) is 0.0625. The van der Waals surface area contributed by atoms with Crippen molar-refractivity contribution in [2.45, 2.75) is 0 Å². The Bertz CT molecular complexity index is 795. The molecule has 21 heavy (non-hydrogen) atoms. The summed E-state index contributed by atoms with van der Waals surface area (Å²) in [5, 5.41) is 4.35. The molecule has 0 saturated heterocycles. The largest absolute Gasteiger partial charge is 0.383 e. The van der Waals surface area contributed by atoms with Gasteiger partial charge in [0.05, 0.1) is 5.56 Å². The molecule has 0 aliphatic rings. The second-order valence-corrected chi connectivity index (χ2v) is 4.72. The summed E-state index contributed by atoms with van der Waals surface area (Å²) >= 11 is 0. The Balaban J connectivity index is 2.27. The molecule has 0 saturated carbocycles. The van der Waals surface area contributed by atoms with Crippen molar-refractivity contribution in [2.24, 2.45) is 7.05 Å². The number of benzene rings is 2. The van der Waals surface area contributed by atoms with E-state index < -0.39 is 11.6 Å². The molecular formula is C16H13F2N3. The molecule has 2 aromatic carbocycles. The average molecular weight is 285 g/mol. The number of rotatable bonds is 2. The number of aryl methyl sites for hydroxylation is 1. The number of halogens is 2. The van der Waals surface area contributed by atoms with Crippen LogP contribution in [-0.2, 0) is 7.05 Å². The fourth-order valence-corrected chi connectivity index (χ4v) is 2.29. The summed E-state index contributed by atoms with van der Waals surface area (Å²) in [5.41, 5.74) is 8.12. The highest BCUT2D eigenvalue weighted by atomic mass is 19.1. The third-order valence-corrected chi connectivity index (χ3v) is 3.34. The Morgan fingerprint density at radius 1 is 1.05 bits per heavy atom. The Morgan fingerprint density at radius 3 is 2.43 bits per heavy atom. The number of hydrogen-bond acceptors (Lipinski definition) is 2. The third-order valence-electron chi connectivity index (χ3n) is 3.34. The maximum atomic E-state index is 14.1. The molecule has 1 heterocycles. The second-order valence-electron chi connectivity index (χ2n) is 4.72. The Hall–Kier alpha value is -2.69. The predicted octanol–water partition coefficient (Wildman–Crippen LogP) is 3.61. The number of nitrogen functional groups attached to an aromatic ring is 1. The molecule has 0 unspecified atom stereocenters. The van der Waals surface area contributed by atoms with Crippen molar-refractivity contribution in [3.63, 3.8) is 0 Å². The normalized spacial score (nSPS) is 10.8. The van der Waals surface area contributed by atoms with Crippen LogP contribution < -0.4 is 5.73 Å². The third kappa shape index (κ3) is 2.27. The van der Waals surface area contributed by atoms with Crippen LogP contribution in [0.3, 0.4) is 0 Å². The van der Waals surface area contributed by atoms with Crippen LogP contribution in [0.2, 0.25) is 0 Å². The van der Waals surface area contributed by atoms with Gasteiger partial charge >= 0.3 is 0 Å². The average Bonchev–Trinajstić information content (AvgIpc) is 2.76. The molecule has 1 aromatic heterocycles. The van der Waals surface area contributed by atoms with E-state index in [1.807, 2.05) is 30.3 Å². The van der Waals surface area contributed by atoms with Gasteiger partial charge in [0.1, 0.15) is 23.1 Å². The summed E-state index contributed by atoms with van der Waals surface area (Å²) in [7, 11) is 1.69. The van der Waals surface area contributed by atoms with Crippen LogP contribution in [0.5, 0.6) is 0 Å². The van der Waals surface area contributed by atoms with Crippen LogP contribution in [0, 0.1) is 11.6 Å². The first-order valence-corrected chi connectivity index (χ1v) is 6.41. The van der Waals surface area contributed by atoms with E-state index in [0.29, 0.717) is 17.1 Å². The van der Waals surface area contributed by atoms with Crippen LogP contribution in [0.4, 0.5) is 14.6 Å². The molecule has 0 amide bonds. The first kappa shape index (κ1) is 13.3. The van der Waals surface area contributed by atoms with Gasteiger partial charge in [-0.3, -0.25) is 4.68 Å². The summed E-state index contributed by atoms with van der Waals surface area (Å²) < 4.78 is 28.7. The van der Waals surface area contributed by atoms with Gasteiger partial charge < -0.3 is 5.73 Å². The van der Waals surface area contributed by atoms with Gasteiger partial charge in [-0.05, 0) is 12.1 Å². The van der Waals surface area contributed by atoms with Crippen LogP contribution in [0.25, 0.3) is 22.4 Å². The molecule has 0 bridgehead atoms. The molecule has 3 nitrogen and oxygen atoms in total. The highest BCUT2D eigenvalue weighted by Crippen LogP contribution is 2.37. The van der Waals surface area contributed by atoms with Crippen LogP contribution in [0.15, 0.2) is 48.5 Å². The molecule has 0 aliphatic heterocycles. The van der Waals surface area contributed by atoms with Gasteiger partial charge in [-0.25, -0.2) is 8.78 Å². The number of aromatic nitrogens is 2. The van der Waals surface area contributed by atoms with Gasteiger partial charge in [-0.2, -0.15) is 5.10 Å². The van der Waals surface area contributed by atoms with Crippen molar-refractivity contribution < 1.29 is 8.78 Å². The van der Waals surface area contributed by atoms with Crippen molar-refractivity contribution in [1.29, 1.82) is 0 Å². The second kappa shape index (κ2) is 5.01. The summed E-state index contributed by atoms with van der Waals surface area (Å²) in [6.07, 6.45) is 0. The maximum absolute atomic E-state index is 14.1. The van der Waals surface area contributed by atoms with E-state index in [9.17, 15) is 8.78 Å². The minimum Gasteiger partial charge on any atom is -0.383 e. The minimum absolute atomic E-state index is 0.237. The number of nitrogens with two attached hydrogens (primary N) is 1. The molecule has 3 aromatic rings. The summed E-state index contributed by atoms with van der Waals surface area (Å²) in [5.74, 6) is -0.953. The van der Waals surface area contributed by atoms with E-state index in [4.69, 9.17) is 5.73 Å². The van der Waals surface area contributed by atoms with E-state index in [0.717, 1.165) is 11.6 Å². The zero-order valence-corrected chi connectivity index (χ0v) is 11.3. The summed E-state index contributed by atoms with van der Waals surface area (Å²) in [6, 6.07) is 12.8. The fourth-order valence-electron chi connectivity index (χ4n) is 2.29. The Labute approximate surface area is 120 Å². The van der Waals surface area contributed by atoms with Crippen LogP contribution in [0.1, 0.15) is 0 Å². The lowest BCUT2D eigenvalue weighted by Gasteiger charge is -2.06. The SMILES string of the molecule is Cn1nc(-c2ccccc2)c(-c2ccc(F)cc2F)c1N. The van der Waals surface area contributed by atoms with E-state index in [1.165, 1.54) is 16.8 Å². The van der Waals surface area contributed by atoms with Gasteiger partial charge in [-0.15, -0.1) is 0 Å². The quantitative estimate of drug-likeness (QED) is 0.781. The molecule has 3 rings (SSSR count). The molecule has 106 valence electrons. The van der Waals surface area contributed by atoms with Crippen molar-refractivity contribution in [3.8, 4) is 22.4 Å².